The fraction of sp³-hybridized carbons (Fsp3) is 0.793. The summed E-state index contributed by atoms with van der Waals surface area (Å²) in [6.45, 7) is 4.93. The Morgan fingerprint density at radius 3 is 1.56 bits per heavy atom. The van der Waals surface area contributed by atoms with E-state index in [1.807, 2.05) is 18.2 Å². The highest BCUT2D eigenvalue weighted by Gasteiger charge is 2.08. The summed E-state index contributed by atoms with van der Waals surface area (Å²) in [5.41, 5.74) is 1.19. The first-order chi connectivity index (χ1) is 15.9. The highest BCUT2D eigenvalue weighted by molar-refractivity contribution is 5.13. The van der Waals surface area contributed by atoms with E-state index in [-0.39, 0.29) is 6.10 Å². The van der Waals surface area contributed by atoms with Crippen LogP contribution in [0.1, 0.15) is 115 Å². The molecule has 0 fully saturated rings. The molecule has 0 aliphatic heterocycles. The second kappa shape index (κ2) is 23.3. The lowest BCUT2D eigenvalue weighted by atomic mass is 10.0. The highest BCUT2D eigenvalue weighted by atomic mass is 16.6. The van der Waals surface area contributed by atoms with Crippen molar-refractivity contribution in [2.45, 2.75) is 122 Å². The molecule has 0 aliphatic rings. The number of unbranched alkanes of at least 4 members (excludes halogenated alkanes) is 15. The van der Waals surface area contributed by atoms with Gasteiger partial charge in [-0.25, -0.2) is 0 Å². The van der Waals surface area contributed by atoms with Gasteiger partial charge in [-0.1, -0.05) is 134 Å². The van der Waals surface area contributed by atoms with Crippen molar-refractivity contribution in [1.82, 2.24) is 0 Å². The van der Waals surface area contributed by atoms with E-state index in [9.17, 15) is 0 Å². The zero-order valence-corrected chi connectivity index (χ0v) is 21.3. The molecule has 1 rings (SSSR count). The molecule has 0 saturated heterocycles. The molecule has 0 bridgehead atoms. The Balaban J connectivity index is 1.77. The molecule has 0 heterocycles. The summed E-state index contributed by atoms with van der Waals surface area (Å²) in [4.78, 5) is 0. The maximum Gasteiger partial charge on any atom is 0.104 e. The molecule has 0 aromatic heterocycles. The number of methoxy groups -OCH3 is 1. The lowest BCUT2D eigenvalue weighted by Crippen LogP contribution is -2.24. The molecule has 3 heteroatoms. The second-order valence-corrected chi connectivity index (χ2v) is 9.24. The summed E-state index contributed by atoms with van der Waals surface area (Å²) in [5.74, 6) is 0. The quantitative estimate of drug-likeness (QED) is 0.148. The van der Waals surface area contributed by atoms with Gasteiger partial charge in [0, 0.05) is 13.7 Å². The fourth-order valence-electron chi connectivity index (χ4n) is 4.03. The van der Waals surface area contributed by atoms with E-state index in [1.54, 1.807) is 7.11 Å². The van der Waals surface area contributed by atoms with Gasteiger partial charge in [-0.2, -0.15) is 0 Å². The van der Waals surface area contributed by atoms with Crippen molar-refractivity contribution in [3.05, 3.63) is 35.9 Å². The van der Waals surface area contributed by atoms with Gasteiger partial charge >= 0.3 is 0 Å². The normalized spacial score (nSPS) is 12.3. The van der Waals surface area contributed by atoms with Crippen LogP contribution in [-0.2, 0) is 20.8 Å². The van der Waals surface area contributed by atoms with Crippen LogP contribution in [0.3, 0.4) is 0 Å². The summed E-state index contributed by atoms with van der Waals surface area (Å²) in [6.07, 6.45) is 22.4. The van der Waals surface area contributed by atoms with Crippen LogP contribution >= 0.6 is 0 Å². The lowest BCUT2D eigenvalue weighted by Gasteiger charge is -2.16. The van der Waals surface area contributed by atoms with Crippen LogP contribution in [-0.4, -0.2) is 33.0 Å². The molecule has 1 aromatic carbocycles. The van der Waals surface area contributed by atoms with Crippen LogP contribution in [0.15, 0.2) is 30.3 Å². The van der Waals surface area contributed by atoms with Crippen molar-refractivity contribution in [1.29, 1.82) is 0 Å². The molecule has 0 unspecified atom stereocenters. The van der Waals surface area contributed by atoms with Gasteiger partial charge in [0.1, 0.15) is 6.10 Å². The molecule has 1 atom stereocenters. The summed E-state index contributed by atoms with van der Waals surface area (Å²) in [7, 11) is 1.73. The minimum absolute atomic E-state index is 0.0137. The Labute approximate surface area is 199 Å². The van der Waals surface area contributed by atoms with Crippen molar-refractivity contribution >= 4 is 0 Å². The Kier molecular flexibility index (Phi) is 21.2. The molecule has 0 spiro atoms. The second-order valence-electron chi connectivity index (χ2n) is 9.24. The first-order valence-electron chi connectivity index (χ1n) is 13.6. The number of ether oxygens (including phenoxy) is 3. The Hall–Kier alpha value is -0.900. The molecule has 0 N–H and O–H groups in total. The van der Waals surface area contributed by atoms with Crippen molar-refractivity contribution in [3.8, 4) is 0 Å². The summed E-state index contributed by atoms with van der Waals surface area (Å²) in [6, 6.07) is 10.3. The van der Waals surface area contributed by atoms with Gasteiger partial charge < -0.3 is 14.2 Å². The zero-order valence-electron chi connectivity index (χ0n) is 21.3. The fourth-order valence-corrected chi connectivity index (χ4v) is 4.03. The van der Waals surface area contributed by atoms with E-state index in [4.69, 9.17) is 14.2 Å². The molecule has 0 amide bonds. The molecule has 3 nitrogen and oxygen atoms in total. The van der Waals surface area contributed by atoms with Gasteiger partial charge in [-0.05, 0) is 12.0 Å². The zero-order chi connectivity index (χ0) is 23.0. The molecular formula is C29H52O3. The summed E-state index contributed by atoms with van der Waals surface area (Å²) >= 11 is 0. The third-order valence-electron chi connectivity index (χ3n) is 6.19. The number of benzene rings is 1. The topological polar surface area (TPSA) is 27.7 Å². The van der Waals surface area contributed by atoms with E-state index in [0.717, 1.165) is 13.0 Å². The van der Waals surface area contributed by atoms with Gasteiger partial charge in [-0.15, -0.1) is 0 Å². The Bertz CT molecular complexity index is 477. The van der Waals surface area contributed by atoms with Gasteiger partial charge in [-0.3, -0.25) is 0 Å². The van der Waals surface area contributed by atoms with E-state index in [1.165, 1.54) is 102 Å². The van der Waals surface area contributed by atoms with Gasteiger partial charge in [0.15, 0.2) is 0 Å². The third kappa shape index (κ3) is 18.7. The van der Waals surface area contributed by atoms with E-state index in [2.05, 4.69) is 19.1 Å². The standard InChI is InChI=1S/C29H52O3/c1-3-4-5-6-7-8-9-10-11-12-13-14-15-16-17-21-24-31-26-29(30-2)27-32-25-28-22-19-18-20-23-28/h18-20,22-23,29H,3-17,21,24-27H2,1-2H3/t29-/m1/s1. The first kappa shape index (κ1) is 29.1. The minimum atomic E-state index is 0.0137. The van der Waals surface area contributed by atoms with E-state index in [0.29, 0.717) is 19.8 Å². The number of rotatable bonds is 24. The van der Waals surface area contributed by atoms with Crippen molar-refractivity contribution in [2.24, 2.45) is 0 Å². The number of hydrogen-bond acceptors (Lipinski definition) is 3. The van der Waals surface area contributed by atoms with Gasteiger partial charge in [0.05, 0.1) is 19.8 Å². The van der Waals surface area contributed by atoms with Crippen molar-refractivity contribution in [3.63, 3.8) is 0 Å². The van der Waals surface area contributed by atoms with Crippen LogP contribution in [0.25, 0.3) is 0 Å². The highest BCUT2D eigenvalue weighted by Crippen LogP contribution is 2.13. The van der Waals surface area contributed by atoms with Crippen molar-refractivity contribution in [2.75, 3.05) is 26.9 Å². The predicted octanol–water partition coefficient (Wildman–Crippen LogP) is 8.50. The monoisotopic (exact) mass is 448 g/mol. The average molecular weight is 449 g/mol. The maximum absolute atomic E-state index is 5.80. The van der Waals surface area contributed by atoms with Crippen LogP contribution in [0.5, 0.6) is 0 Å². The third-order valence-corrected chi connectivity index (χ3v) is 6.19. The van der Waals surface area contributed by atoms with E-state index >= 15 is 0 Å². The lowest BCUT2D eigenvalue weighted by molar-refractivity contribution is -0.0451. The molecule has 1 aromatic rings. The van der Waals surface area contributed by atoms with E-state index < -0.39 is 0 Å². The average Bonchev–Trinajstić information content (AvgIpc) is 2.82. The van der Waals surface area contributed by atoms with Crippen LogP contribution in [0.2, 0.25) is 0 Å². The molecule has 32 heavy (non-hydrogen) atoms. The summed E-state index contributed by atoms with van der Waals surface area (Å²) in [5, 5.41) is 0. The Morgan fingerprint density at radius 1 is 0.594 bits per heavy atom. The number of hydrogen-bond donors (Lipinski definition) is 0. The minimum Gasteiger partial charge on any atom is -0.379 e. The smallest absolute Gasteiger partial charge is 0.104 e. The molecule has 0 saturated carbocycles. The van der Waals surface area contributed by atoms with Crippen molar-refractivity contribution < 1.29 is 14.2 Å². The van der Waals surface area contributed by atoms with Crippen LogP contribution in [0.4, 0.5) is 0 Å². The first-order valence-corrected chi connectivity index (χ1v) is 13.6. The Morgan fingerprint density at radius 2 is 1.06 bits per heavy atom. The molecule has 0 aliphatic carbocycles. The van der Waals surface area contributed by atoms with Crippen LogP contribution in [0, 0.1) is 0 Å². The predicted molar refractivity (Wildman–Crippen MR) is 137 cm³/mol. The van der Waals surface area contributed by atoms with Crippen LogP contribution < -0.4 is 0 Å². The van der Waals surface area contributed by atoms with Gasteiger partial charge in [0.25, 0.3) is 0 Å². The largest absolute Gasteiger partial charge is 0.379 e. The maximum atomic E-state index is 5.80. The molecular weight excluding hydrogens is 396 g/mol. The summed E-state index contributed by atoms with van der Waals surface area (Å²) < 4.78 is 17.0. The van der Waals surface area contributed by atoms with Gasteiger partial charge in [0.2, 0.25) is 0 Å². The SMILES string of the molecule is CCCCCCCCCCCCCCCCCCOC[C@H](COCc1ccccc1)OC. The molecule has 186 valence electrons. The molecule has 0 radical (unpaired) electrons.